The standard InChI is InChI=1S/C28H37ClN2O4S.C27H37ClN4O3S.C23H27ClN2O3S.C9H20N2O3.2CH4/c1-2-9-34-10-11-35-26(33)24-15-25(32)31(27(36-24)30-23-5-3-22(29)4-6-23)8-7-28-16-19-12-20(17-28)14-21(13-19)18-28;28-21-1-3-22(4-2-21)31-26-32(8-5-27-15-18-11-19(16-27)13-20(12-18)17-27)24(33)14-23(36-26)25(34)30-7-10-35-9-6-29;24-17-1-3-18(4-2-17)25-22-26(20(27)10-19(30-22)21(28)29)6-5-23-11-14-7-15(12-23)9-16(8-14)13-23;1-9(2,3)14-8(12)11-5-7-13-6-4-10;;/h3-6,19-21,24H,2,7-18H2,1H3;1-4,18-20,23H,5-17,29H2,(H,30,34);1-4,14-16,19H,5-13H2,(H,28,29);4-7,10H2,1-3H3,(H,11,12);2*1H4. The summed E-state index contributed by atoms with van der Waals surface area (Å²) in [5.41, 5.74) is 13.4. The maximum absolute atomic E-state index is 13.4. The average molecular weight is 1750 g/mol. The summed E-state index contributed by atoms with van der Waals surface area (Å²) in [6.45, 7) is 14.3. The van der Waals surface area contributed by atoms with E-state index in [1.165, 1.54) is 151 Å². The van der Waals surface area contributed by atoms with Gasteiger partial charge in [0.15, 0.2) is 15.5 Å². The molecule has 0 radical (unpaired) electrons. The first-order valence-electron chi connectivity index (χ1n) is 42.4. The van der Waals surface area contributed by atoms with Crippen molar-refractivity contribution in [3.63, 3.8) is 0 Å². The number of carbonyl (C=O) groups is 7. The number of esters is 1. The molecule has 3 aliphatic heterocycles. The van der Waals surface area contributed by atoms with Crippen LogP contribution in [0.4, 0.5) is 21.9 Å². The van der Waals surface area contributed by atoms with Gasteiger partial charge in [-0.25, -0.2) is 19.8 Å². The molecular formula is C89H129Cl3N10O13S3. The molecule has 15 fully saturated rings. The van der Waals surface area contributed by atoms with Crippen LogP contribution in [0.5, 0.6) is 0 Å². The van der Waals surface area contributed by atoms with E-state index in [9.17, 15) is 38.7 Å². The predicted octanol–water partition coefficient (Wildman–Crippen LogP) is 17.7. The third kappa shape index (κ3) is 27.0. The summed E-state index contributed by atoms with van der Waals surface area (Å²) in [5, 5.41) is 16.7. The molecule has 3 atom stereocenters. The summed E-state index contributed by atoms with van der Waals surface area (Å²) in [7, 11) is 0. The average Bonchev–Trinajstić information content (AvgIpc) is 0.758. The molecule has 29 heteroatoms. The highest BCUT2D eigenvalue weighted by atomic mass is 35.5. The Balaban J connectivity index is 0.000000172. The lowest BCUT2D eigenvalue weighted by atomic mass is 9.49. The number of hydrogen-bond acceptors (Lipinski definition) is 20. The Morgan fingerprint density at radius 1 is 0.466 bits per heavy atom. The number of rotatable bonds is 30. The molecule has 7 N–H and O–H groups in total. The van der Waals surface area contributed by atoms with Crippen LogP contribution in [0.25, 0.3) is 0 Å². The molecule has 3 aromatic carbocycles. The third-order valence-electron chi connectivity index (χ3n) is 25.3. The molecular weight excluding hydrogens is 1620 g/mol. The number of halogens is 3. The van der Waals surface area contributed by atoms with Gasteiger partial charge in [-0.05, 0) is 304 Å². The highest BCUT2D eigenvalue weighted by Crippen LogP contribution is 2.64. The molecule has 3 heterocycles. The number of aliphatic carboxylic acids is 1. The van der Waals surface area contributed by atoms with Crippen molar-refractivity contribution in [1.29, 1.82) is 0 Å². The first-order chi connectivity index (χ1) is 55.7. The Kier molecular flexibility index (Phi) is 35.5. The number of nitrogens with one attached hydrogen (secondary N) is 2. The van der Waals surface area contributed by atoms with Crippen molar-refractivity contribution in [1.82, 2.24) is 25.3 Å². The Morgan fingerprint density at radius 3 is 1.11 bits per heavy atom. The molecule has 23 nitrogen and oxygen atoms in total. The summed E-state index contributed by atoms with van der Waals surface area (Å²) in [6.07, 6.45) is 28.4. The number of hydrogen-bond donors (Lipinski definition) is 5. The van der Waals surface area contributed by atoms with Gasteiger partial charge in [0.25, 0.3) is 0 Å². The highest BCUT2D eigenvalue weighted by molar-refractivity contribution is 8.15. The second kappa shape index (κ2) is 44.2. The number of carboxylic acids is 1. The summed E-state index contributed by atoms with van der Waals surface area (Å²) in [4.78, 5) is 108. The van der Waals surface area contributed by atoms with Crippen molar-refractivity contribution in [2.75, 3.05) is 92.1 Å². The largest absolute Gasteiger partial charge is 0.480 e. The Labute approximate surface area is 727 Å². The molecule has 15 aliphatic rings. The maximum atomic E-state index is 13.4. The van der Waals surface area contributed by atoms with E-state index in [0.29, 0.717) is 138 Å². The van der Waals surface area contributed by atoms with Crippen LogP contribution < -0.4 is 22.1 Å². The topological polar surface area (TPSA) is 309 Å². The number of nitrogens with zero attached hydrogens (tertiary/aromatic N) is 6. The van der Waals surface area contributed by atoms with E-state index in [-0.39, 0.29) is 70.3 Å². The van der Waals surface area contributed by atoms with E-state index in [4.69, 9.17) is 79.9 Å². The molecule has 0 aromatic heterocycles. The van der Waals surface area contributed by atoms with Crippen LogP contribution >= 0.6 is 70.1 Å². The smallest absolute Gasteiger partial charge is 0.407 e. The van der Waals surface area contributed by atoms with Gasteiger partial charge >= 0.3 is 18.0 Å². The fourth-order valence-corrected chi connectivity index (χ4v) is 25.4. The minimum Gasteiger partial charge on any atom is -0.480 e. The number of amidine groups is 3. The first-order valence-corrected chi connectivity index (χ1v) is 46.2. The Hall–Kier alpha value is -5.52. The number of ether oxygens (including phenoxy) is 5. The van der Waals surface area contributed by atoms with Gasteiger partial charge in [-0.2, -0.15) is 0 Å². The van der Waals surface area contributed by atoms with Gasteiger partial charge < -0.3 is 50.9 Å². The van der Waals surface area contributed by atoms with Gasteiger partial charge in [0.05, 0.1) is 68.2 Å². The number of benzene rings is 3. The molecule has 118 heavy (non-hydrogen) atoms. The van der Waals surface area contributed by atoms with Crippen LogP contribution in [0.3, 0.4) is 0 Å². The van der Waals surface area contributed by atoms with E-state index >= 15 is 0 Å². The van der Waals surface area contributed by atoms with Gasteiger partial charge in [-0.3, -0.25) is 43.5 Å². The second-order valence-electron chi connectivity index (χ2n) is 35.8. The second-order valence-corrected chi connectivity index (χ2v) is 40.6. The summed E-state index contributed by atoms with van der Waals surface area (Å²) in [5.74, 6) is 6.22. The molecule has 12 aliphatic carbocycles. The Bertz CT molecular complexity index is 3680. The molecule has 0 spiro atoms. The van der Waals surface area contributed by atoms with Crippen LogP contribution in [0, 0.1) is 69.5 Å². The fourth-order valence-electron chi connectivity index (χ4n) is 21.7. The quantitative estimate of drug-likeness (QED) is 0.0306. The van der Waals surface area contributed by atoms with Gasteiger partial charge in [0, 0.05) is 73.9 Å². The molecule has 12 saturated carbocycles. The van der Waals surface area contributed by atoms with Crippen LogP contribution in [-0.2, 0) is 52.5 Å². The van der Waals surface area contributed by atoms with Crippen molar-refractivity contribution >= 4 is 144 Å². The zero-order valence-electron chi connectivity index (χ0n) is 68.0. The number of aliphatic imine (C=N–C) groups is 3. The Morgan fingerprint density at radius 2 is 0.780 bits per heavy atom. The summed E-state index contributed by atoms with van der Waals surface area (Å²) < 4.78 is 26.3. The number of nitrogens with two attached hydrogens (primary N) is 2. The molecule has 5 amide bonds. The van der Waals surface area contributed by atoms with Gasteiger partial charge in [0.1, 0.15) is 22.7 Å². The number of alkyl carbamates (subject to hydrolysis) is 1. The summed E-state index contributed by atoms with van der Waals surface area (Å²) in [6, 6.07) is 21.6. The fraction of sp³-hybridized carbons (Fsp3) is 0.685. The zero-order valence-corrected chi connectivity index (χ0v) is 72.7. The predicted molar refractivity (Wildman–Crippen MR) is 475 cm³/mol. The van der Waals surface area contributed by atoms with Crippen molar-refractivity contribution in [2.24, 2.45) is 96.0 Å². The van der Waals surface area contributed by atoms with E-state index in [1.807, 2.05) is 61.8 Å². The van der Waals surface area contributed by atoms with Crippen molar-refractivity contribution < 1.29 is 62.4 Å². The van der Waals surface area contributed by atoms with Gasteiger partial charge in [0.2, 0.25) is 23.6 Å². The van der Waals surface area contributed by atoms with Crippen LogP contribution in [0.1, 0.15) is 203 Å². The van der Waals surface area contributed by atoms with Gasteiger partial charge in [-0.15, -0.1) is 0 Å². The van der Waals surface area contributed by atoms with E-state index < -0.39 is 33.4 Å². The first kappa shape index (κ1) is 94.7. The molecule has 652 valence electrons. The minimum atomic E-state index is -0.960. The lowest BCUT2D eigenvalue weighted by Crippen LogP contribution is -2.50. The van der Waals surface area contributed by atoms with Crippen LogP contribution in [0.15, 0.2) is 87.8 Å². The van der Waals surface area contributed by atoms with Gasteiger partial charge in [-0.1, -0.05) is 91.9 Å². The van der Waals surface area contributed by atoms with Crippen LogP contribution in [-0.4, -0.2) is 190 Å². The summed E-state index contributed by atoms with van der Waals surface area (Å²) >= 11 is 22.0. The van der Waals surface area contributed by atoms with E-state index in [1.54, 1.807) is 53.4 Å². The molecule has 3 saturated heterocycles. The molecule has 3 unspecified atom stereocenters. The molecule has 18 rings (SSSR count). The van der Waals surface area contributed by atoms with Crippen LogP contribution in [0.2, 0.25) is 15.1 Å². The maximum Gasteiger partial charge on any atom is 0.407 e. The number of carbonyl (C=O) groups excluding carboxylic acids is 6. The number of carboxylic acid groups (broad SMARTS) is 1. The monoisotopic (exact) mass is 1750 g/mol. The SMILES string of the molecule is C.C.CC(C)(C)OC(=O)NCCOCCN.CCCOCCOC(=O)C1CC(=O)N(CCC23CC4CC(CC(C4)C2)C3)C(=Nc2ccc(Cl)cc2)S1.NCCOCCNC(=O)C1CC(=O)N(CCC23CC4CC(CC(C4)C2)C3)C(=Nc2ccc(Cl)cc2)S1.O=C(O)C1CC(=O)N(CCC23CC4CC(CC(C4)C2)C3)C(=Nc2ccc(Cl)cc2)S1. The number of thioether (sulfide) groups is 3. The zero-order chi connectivity index (χ0) is 82.2. The highest BCUT2D eigenvalue weighted by Gasteiger charge is 2.54. The van der Waals surface area contributed by atoms with E-state index in [0.717, 1.165) is 90.3 Å². The third-order valence-corrected chi connectivity index (χ3v) is 29.6. The minimum absolute atomic E-state index is 0. The molecule has 12 bridgehead atoms. The van der Waals surface area contributed by atoms with Crippen molar-refractivity contribution in [3.05, 3.63) is 87.9 Å². The van der Waals surface area contributed by atoms with Crippen molar-refractivity contribution in [3.8, 4) is 0 Å². The molecule has 3 aromatic rings. The normalized spacial score (nSPS) is 30.3. The number of amides is 5. The lowest BCUT2D eigenvalue weighted by Gasteiger charge is -2.57. The van der Waals surface area contributed by atoms with Crippen molar-refractivity contribution in [2.45, 2.75) is 224 Å². The van der Waals surface area contributed by atoms with E-state index in [2.05, 4.69) is 15.6 Å². The lowest BCUT2D eigenvalue weighted by molar-refractivity contribution is -0.146.